The van der Waals surface area contributed by atoms with Crippen LogP contribution >= 0.6 is 0 Å². The minimum Gasteiger partial charge on any atom is -0.0810 e. The molecule has 0 aliphatic carbocycles. The molecule has 0 amide bonds. The quantitative estimate of drug-likeness (QED) is 0.651. The van der Waals surface area contributed by atoms with Crippen molar-refractivity contribution in [3.8, 4) is 0 Å². The molecule has 0 fully saturated rings. The molecule has 1 rings (SSSR count). The Labute approximate surface area is 87.7 Å². The molecule has 76 valence electrons. The Morgan fingerprint density at radius 3 is 2.36 bits per heavy atom. The summed E-state index contributed by atoms with van der Waals surface area (Å²) in [5.74, 6) is 0.730. The summed E-state index contributed by atoms with van der Waals surface area (Å²) in [7, 11) is 0. The lowest BCUT2D eigenvalue weighted by molar-refractivity contribution is 0.672. The zero-order valence-corrected chi connectivity index (χ0v) is 9.46. The van der Waals surface area contributed by atoms with Crippen LogP contribution in [0.4, 0.5) is 0 Å². The van der Waals surface area contributed by atoms with Crippen LogP contribution in [0.25, 0.3) is 5.57 Å². The van der Waals surface area contributed by atoms with Crippen molar-refractivity contribution in [2.24, 2.45) is 5.92 Å². The maximum absolute atomic E-state index is 2.34. The van der Waals surface area contributed by atoms with Gasteiger partial charge >= 0.3 is 0 Å². The summed E-state index contributed by atoms with van der Waals surface area (Å²) in [5, 5.41) is 0. The van der Waals surface area contributed by atoms with E-state index in [2.05, 4.69) is 57.2 Å². The van der Waals surface area contributed by atoms with Gasteiger partial charge in [0.25, 0.3) is 0 Å². The molecule has 0 saturated heterocycles. The van der Waals surface area contributed by atoms with Crippen LogP contribution in [0.5, 0.6) is 0 Å². The van der Waals surface area contributed by atoms with E-state index >= 15 is 0 Å². The molecule has 0 aliphatic heterocycles. The fraction of sp³-hybridized carbons (Fsp3) is 0.429. The SMILES string of the molecule is CC/C=C(\CC(C)C)c1ccccc1. The van der Waals surface area contributed by atoms with Crippen molar-refractivity contribution in [1.82, 2.24) is 0 Å². The van der Waals surface area contributed by atoms with Crippen LogP contribution in [0.15, 0.2) is 36.4 Å². The highest BCUT2D eigenvalue weighted by molar-refractivity contribution is 5.65. The lowest BCUT2D eigenvalue weighted by Crippen LogP contribution is -1.91. The Hall–Kier alpha value is -1.04. The Balaban J connectivity index is 2.84. The molecular formula is C14H20. The molecule has 1 aromatic carbocycles. The summed E-state index contributed by atoms with van der Waals surface area (Å²) in [5.41, 5.74) is 2.87. The Morgan fingerprint density at radius 1 is 1.21 bits per heavy atom. The first-order chi connectivity index (χ1) is 6.74. The second-order valence-corrected chi connectivity index (χ2v) is 4.10. The fourth-order valence-electron chi connectivity index (χ4n) is 1.66. The van der Waals surface area contributed by atoms with E-state index in [1.54, 1.807) is 0 Å². The van der Waals surface area contributed by atoms with Gasteiger partial charge in [-0.2, -0.15) is 0 Å². The van der Waals surface area contributed by atoms with Crippen LogP contribution in [-0.4, -0.2) is 0 Å². The Bertz CT molecular complexity index is 280. The second kappa shape index (κ2) is 5.64. The summed E-state index contributed by atoms with van der Waals surface area (Å²) in [6.45, 7) is 6.74. The highest BCUT2D eigenvalue weighted by atomic mass is 14.1. The molecule has 0 N–H and O–H groups in total. The minimum absolute atomic E-state index is 0.730. The highest BCUT2D eigenvalue weighted by Crippen LogP contribution is 2.22. The maximum Gasteiger partial charge on any atom is -0.0228 e. The third-order valence-electron chi connectivity index (χ3n) is 2.22. The monoisotopic (exact) mass is 188 g/mol. The molecular weight excluding hydrogens is 168 g/mol. The van der Waals surface area contributed by atoms with Gasteiger partial charge in [0, 0.05) is 0 Å². The molecule has 0 spiro atoms. The van der Waals surface area contributed by atoms with E-state index in [0.29, 0.717) is 0 Å². The van der Waals surface area contributed by atoms with Crippen LogP contribution in [-0.2, 0) is 0 Å². The minimum atomic E-state index is 0.730. The fourth-order valence-corrected chi connectivity index (χ4v) is 1.66. The zero-order valence-electron chi connectivity index (χ0n) is 9.46. The normalized spacial score (nSPS) is 12.1. The second-order valence-electron chi connectivity index (χ2n) is 4.10. The first-order valence-electron chi connectivity index (χ1n) is 5.48. The standard InChI is InChI=1S/C14H20/c1-4-8-14(11-12(2)3)13-9-6-5-7-10-13/h5-10,12H,4,11H2,1-3H3/b14-8+. The molecule has 0 aromatic heterocycles. The number of benzene rings is 1. The van der Waals surface area contributed by atoms with Crippen LogP contribution in [0.2, 0.25) is 0 Å². The van der Waals surface area contributed by atoms with Gasteiger partial charge < -0.3 is 0 Å². The van der Waals surface area contributed by atoms with Gasteiger partial charge in [0.2, 0.25) is 0 Å². The number of allylic oxidation sites excluding steroid dienone is 2. The number of hydrogen-bond donors (Lipinski definition) is 0. The lowest BCUT2D eigenvalue weighted by Gasteiger charge is -2.10. The Morgan fingerprint density at radius 2 is 1.86 bits per heavy atom. The van der Waals surface area contributed by atoms with Crippen molar-refractivity contribution in [3.63, 3.8) is 0 Å². The van der Waals surface area contributed by atoms with Crippen LogP contribution < -0.4 is 0 Å². The van der Waals surface area contributed by atoms with Crippen molar-refractivity contribution in [2.45, 2.75) is 33.6 Å². The van der Waals surface area contributed by atoms with Crippen LogP contribution in [0.1, 0.15) is 39.2 Å². The molecule has 0 saturated carbocycles. The number of rotatable bonds is 4. The molecule has 0 heterocycles. The van der Waals surface area contributed by atoms with Crippen molar-refractivity contribution in [3.05, 3.63) is 42.0 Å². The highest BCUT2D eigenvalue weighted by Gasteiger charge is 2.02. The van der Waals surface area contributed by atoms with Gasteiger partial charge in [-0.25, -0.2) is 0 Å². The van der Waals surface area contributed by atoms with Gasteiger partial charge in [0.1, 0.15) is 0 Å². The Kier molecular flexibility index (Phi) is 4.45. The molecule has 14 heavy (non-hydrogen) atoms. The van der Waals surface area contributed by atoms with E-state index in [1.165, 1.54) is 17.6 Å². The zero-order chi connectivity index (χ0) is 10.4. The van der Waals surface area contributed by atoms with Gasteiger partial charge in [0.15, 0.2) is 0 Å². The molecule has 1 aromatic rings. The molecule has 0 aliphatic rings. The molecule has 0 bridgehead atoms. The van der Waals surface area contributed by atoms with E-state index in [9.17, 15) is 0 Å². The number of hydrogen-bond acceptors (Lipinski definition) is 0. The molecule has 0 heteroatoms. The lowest BCUT2D eigenvalue weighted by atomic mass is 9.96. The molecule has 0 nitrogen and oxygen atoms in total. The van der Waals surface area contributed by atoms with Gasteiger partial charge in [0.05, 0.1) is 0 Å². The van der Waals surface area contributed by atoms with Crippen molar-refractivity contribution >= 4 is 5.57 Å². The summed E-state index contributed by atoms with van der Waals surface area (Å²) in [6.07, 6.45) is 4.64. The average molecular weight is 188 g/mol. The maximum atomic E-state index is 2.34. The van der Waals surface area contributed by atoms with E-state index < -0.39 is 0 Å². The van der Waals surface area contributed by atoms with Crippen molar-refractivity contribution in [2.75, 3.05) is 0 Å². The van der Waals surface area contributed by atoms with Crippen LogP contribution in [0.3, 0.4) is 0 Å². The van der Waals surface area contributed by atoms with Crippen molar-refractivity contribution in [1.29, 1.82) is 0 Å². The van der Waals surface area contributed by atoms with Gasteiger partial charge in [-0.05, 0) is 29.9 Å². The predicted molar refractivity (Wildman–Crippen MR) is 64.2 cm³/mol. The third-order valence-corrected chi connectivity index (χ3v) is 2.22. The van der Waals surface area contributed by atoms with E-state index in [1.807, 2.05) is 0 Å². The van der Waals surface area contributed by atoms with E-state index in [4.69, 9.17) is 0 Å². The van der Waals surface area contributed by atoms with E-state index in [-0.39, 0.29) is 0 Å². The largest absolute Gasteiger partial charge is 0.0810 e. The molecule has 0 atom stereocenters. The first kappa shape index (κ1) is 11.0. The molecule has 0 radical (unpaired) electrons. The van der Waals surface area contributed by atoms with Gasteiger partial charge in [-0.3, -0.25) is 0 Å². The summed E-state index contributed by atoms with van der Waals surface area (Å²) >= 11 is 0. The van der Waals surface area contributed by atoms with E-state index in [0.717, 1.165) is 12.3 Å². The predicted octanol–water partition coefficient (Wildman–Crippen LogP) is 4.53. The van der Waals surface area contributed by atoms with Gasteiger partial charge in [-0.15, -0.1) is 0 Å². The third kappa shape index (κ3) is 3.37. The van der Waals surface area contributed by atoms with Crippen molar-refractivity contribution < 1.29 is 0 Å². The summed E-state index contributed by atoms with van der Waals surface area (Å²) in [4.78, 5) is 0. The van der Waals surface area contributed by atoms with Crippen LogP contribution in [0, 0.1) is 5.92 Å². The smallest absolute Gasteiger partial charge is 0.0228 e. The van der Waals surface area contributed by atoms with Gasteiger partial charge in [-0.1, -0.05) is 57.2 Å². The first-order valence-corrected chi connectivity index (χ1v) is 5.48. The summed E-state index contributed by atoms with van der Waals surface area (Å²) in [6, 6.07) is 10.7. The topological polar surface area (TPSA) is 0 Å². The average Bonchev–Trinajstić information content (AvgIpc) is 2.18. The summed E-state index contributed by atoms with van der Waals surface area (Å²) < 4.78 is 0. The molecule has 0 unspecified atom stereocenters.